The van der Waals surface area contributed by atoms with Gasteiger partial charge in [0, 0.05) is 28.0 Å². The van der Waals surface area contributed by atoms with Crippen molar-refractivity contribution >= 4 is 38.9 Å². The molecule has 0 spiro atoms. The lowest BCUT2D eigenvalue weighted by atomic mass is 9.95. The molecule has 2 aromatic carbocycles. The molecule has 0 saturated heterocycles. The fourth-order valence-corrected chi connectivity index (χ4v) is 5.61. The van der Waals surface area contributed by atoms with Crippen molar-refractivity contribution in [3.63, 3.8) is 0 Å². The summed E-state index contributed by atoms with van der Waals surface area (Å²) in [6.45, 7) is 0.363. The standard InChI is InChI=1S/C21H18O4S3/c1-26-15-7-3-14(4-8-15)19-18(17-11-12-25-21(22)20(17)27-19)13-5-9-16(10-6-13)28(2,23)24/h3-10H,11-12H2,1-2H3. The van der Waals surface area contributed by atoms with E-state index in [1.54, 1.807) is 23.9 Å². The Hall–Kier alpha value is -2.09. The summed E-state index contributed by atoms with van der Waals surface area (Å²) in [6.07, 6.45) is 3.89. The summed E-state index contributed by atoms with van der Waals surface area (Å²) in [5.74, 6) is -0.285. The number of ether oxygens (including phenoxy) is 1. The van der Waals surface area contributed by atoms with Gasteiger partial charge in [-0.2, -0.15) is 0 Å². The van der Waals surface area contributed by atoms with Gasteiger partial charge in [-0.05, 0) is 47.2 Å². The third kappa shape index (κ3) is 3.50. The highest BCUT2D eigenvalue weighted by Crippen LogP contribution is 2.45. The predicted octanol–water partition coefficient (Wildman–Crippen LogP) is 4.92. The van der Waals surface area contributed by atoms with E-state index in [0.717, 1.165) is 27.1 Å². The molecule has 144 valence electrons. The summed E-state index contributed by atoms with van der Waals surface area (Å²) in [7, 11) is -3.26. The number of thiophene rings is 1. The minimum Gasteiger partial charge on any atom is -0.461 e. The number of rotatable bonds is 4. The van der Waals surface area contributed by atoms with Crippen LogP contribution < -0.4 is 0 Å². The summed E-state index contributed by atoms with van der Waals surface area (Å²) < 4.78 is 28.8. The molecule has 1 aliphatic heterocycles. The van der Waals surface area contributed by atoms with Gasteiger partial charge in [0.2, 0.25) is 0 Å². The van der Waals surface area contributed by atoms with Crippen LogP contribution in [0.1, 0.15) is 15.2 Å². The van der Waals surface area contributed by atoms with Gasteiger partial charge in [-0.3, -0.25) is 0 Å². The van der Waals surface area contributed by atoms with Crippen LogP contribution in [0.4, 0.5) is 0 Å². The Bertz CT molecular complexity index is 1140. The number of cyclic esters (lactones) is 1. The molecule has 0 atom stereocenters. The molecule has 0 bridgehead atoms. The number of benzene rings is 2. The van der Waals surface area contributed by atoms with Crippen LogP contribution in [-0.2, 0) is 21.0 Å². The lowest BCUT2D eigenvalue weighted by molar-refractivity contribution is 0.0488. The van der Waals surface area contributed by atoms with Crippen molar-refractivity contribution in [2.45, 2.75) is 16.2 Å². The van der Waals surface area contributed by atoms with E-state index in [0.29, 0.717) is 17.9 Å². The van der Waals surface area contributed by atoms with Crippen molar-refractivity contribution in [3.05, 3.63) is 59.0 Å². The van der Waals surface area contributed by atoms with Gasteiger partial charge in [0.05, 0.1) is 11.5 Å². The lowest BCUT2D eigenvalue weighted by Crippen LogP contribution is -2.15. The first-order valence-electron chi connectivity index (χ1n) is 8.66. The van der Waals surface area contributed by atoms with Crippen molar-refractivity contribution < 1.29 is 17.9 Å². The van der Waals surface area contributed by atoms with Gasteiger partial charge in [-0.15, -0.1) is 23.1 Å². The summed E-state index contributed by atoms with van der Waals surface area (Å²) in [6, 6.07) is 15.1. The minimum absolute atomic E-state index is 0.283. The second-order valence-corrected chi connectivity index (χ2v) is 10.4. The van der Waals surface area contributed by atoms with Gasteiger partial charge in [0.1, 0.15) is 4.88 Å². The van der Waals surface area contributed by atoms with Gasteiger partial charge in [-0.1, -0.05) is 24.3 Å². The molecule has 3 aromatic rings. The normalized spacial score (nSPS) is 13.9. The van der Waals surface area contributed by atoms with E-state index >= 15 is 0 Å². The van der Waals surface area contributed by atoms with E-state index in [1.165, 1.54) is 22.5 Å². The molecular formula is C21H18O4S3. The van der Waals surface area contributed by atoms with Crippen molar-refractivity contribution in [1.82, 2.24) is 0 Å². The largest absolute Gasteiger partial charge is 0.461 e. The summed E-state index contributed by atoms with van der Waals surface area (Å²) in [4.78, 5) is 15.4. The topological polar surface area (TPSA) is 60.4 Å². The highest BCUT2D eigenvalue weighted by molar-refractivity contribution is 7.98. The van der Waals surface area contributed by atoms with Gasteiger partial charge < -0.3 is 4.74 Å². The van der Waals surface area contributed by atoms with Gasteiger partial charge in [-0.25, -0.2) is 13.2 Å². The summed E-state index contributed by atoms with van der Waals surface area (Å²) >= 11 is 3.12. The van der Waals surface area contributed by atoms with Crippen molar-refractivity contribution in [1.29, 1.82) is 0 Å². The zero-order chi connectivity index (χ0) is 19.9. The van der Waals surface area contributed by atoms with Gasteiger partial charge in [0.25, 0.3) is 0 Å². The van der Waals surface area contributed by atoms with Gasteiger partial charge >= 0.3 is 5.97 Å². The molecule has 28 heavy (non-hydrogen) atoms. The average Bonchev–Trinajstić information content (AvgIpc) is 3.08. The molecule has 0 saturated carbocycles. The molecular weight excluding hydrogens is 412 g/mol. The van der Waals surface area contributed by atoms with Gasteiger partial charge in [0.15, 0.2) is 9.84 Å². The molecule has 4 nitrogen and oxygen atoms in total. The SMILES string of the molecule is CSc1ccc(-c2sc3c(c2-c2ccc(S(C)(=O)=O)cc2)CCOC3=O)cc1. The number of esters is 1. The van der Waals surface area contributed by atoms with Crippen molar-refractivity contribution in [3.8, 4) is 21.6 Å². The molecule has 0 radical (unpaired) electrons. The van der Waals surface area contributed by atoms with E-state index in [2.05, 4.69) is 24.3 Å². The van der Waals surface area contributed by atoms with Crippen LogP contribution in [0, 0.1) is 0 Å². The zero-order valence-corrected chi connectivity index (χ0v) is 17.8. The number of thioether (sulfide) groups is 1. The first kappa shape index (κ1) is 19.2. The molecule has 1 aromatic heterocycles. The minimum atomic E-state index is -3.26. The number of carbonyl (C=O) groups excluding carboxylic acids is 1. The molecule has 0 amide bonds. The van der Waals surface area contributed by atoms with Crippen LogP contribution in [0.5, 0.6) is 0 Å². The van der Waals surface area contributed by atoms with E-state index in [1.807, 2.05) is 18.4 Å². The smallest absolute Gasteiger partial charge is 0.348 e. The molecule has 7 heteroatoms. The zero-order valence-electron chi connectivity index (χ0n) is 15.4. The fraction of sp³-hybridized carbons (Fsp3) is 0.190. The van der Waals surface area contributed by atoms with Crippen LogP contribution >= 0.6 is 23.1 Å². The monoisotopic (exact) mass is 430 g/mol. The Morgan fingerprint density at radius 2 is 1.61 bits per heavy atom. The van der Waals surface area contributed by atoms with E-state index < -0.39 is 9.84 Å². The van der Waals surface area contributed by atoms with Crippen LogP contribution in [0.3, 0.4) is 0 Å². The summed E-state index contributed by atoms with van der Waals surface area (Å²) in [5.41, 5.74) is 3.92. The molecule has 0 N–H and O–H groups in total. The van der Waals surface area contributed by atoms with E-state index in [4.69, 9.17) is 4.74 Å². The number of hydrogen-bond acceptors (Lipinski definition) is 6. The first-order chi connectivity index (χ1) is 13.4. The first-order valence-corrected chi connectivity index (χ1v) is 12.6. The Morgan fingerprint density at radius 1 is 0.964 bits per heavy atom. The molecule has 1 aliphatic rings. The maximum absolute atomic E-state index is 12.3. The highest BCUT2D eigenvalue weighted by atomic mass is 32.2. The number of carbonyl (C=O) groups is 1. The fourth-order valence-electron chi connectivity index (χ4n) is 3.30. The number of fused-ring (bicyclic) bond motifs is 1. The maximum Gasteiger partial charge on any atom is 0.348 e. The Balaban J connectivity index is 1.90. The van der Waals surface area contributed by atoms with E-state index in [9.17, 15) is 13.2 Å². The third-order valence-electron chi connectivity index (χ3n) is 4.70. The highest BCUT2D eigenvalue weighted by Gasteiger charge is 2.28. The second kappa shape index (κ2) is 7.39. The number of hydrogen-bond donors (Lipinski definition) is 0. The molecule has 0 unspecified atom stereocenters. The Labute approximate surface area is 172 Å². The third-order valence-corrected chi connectivity index (χ3v) is 7.83. The molecule has 4 rings (SSSR count). The van der Waals surface area contributed by atoms with Crippen molar-refractivity contribution in [2.24, 2.45) is 0 Å². The molecule has 2 heterocycles. The Kier molecular flexibility index (Phi) is 5.07. The van der Waals surface area contributed by atoms with Crippen LogP contribution in [0.25, 0.3) is 21.6 Å². The number of sulfone groups is 1. The summed E-state index contributed by atoms with van der Waals surface area (Å²) in [5, 5.41) is 0. The van der Waals surface area contributed by atoms with Crippen LogP contribution in [0.15, 0.2) is 58.3 Å². The lowest BCUT2D eigenvalue weighted by Gasteiger charge is -2.14. The van der Waals surface area contributed by atoms with Crippen LogP contribution in [-0.4, -0.2) is 33.5 Å². The molecule has 0 aliphatic carbocycles. The quantitative estimate of drug-likeness (QED) is 0.434. The maximum atomic E-state index is 12.3. The van der Waals surface area contributed by atoms with Crippen LogP contribution in [0.2, 0.25) is 0 Å². The predicted molar refractivity (Wildman–Crippen MR) is 114 cm³/mol. The molecule has 0 fully saturated rings. The van der Waals surface area contributed by atoms with E-state index in [-0.39, 0.29) is 10.9 Å². The van der Waals surface area contributed by atoms with Crippen molar-refractivity contribution in [2.75, 3.05) is 19.1 Å². The average molecular weight is 431 g/mol. The Morgan fingerprint density at radius 3 is 2.21 bits per heavy atom. The second-order valence-electron chi connectivity index (χ2n) is 6.52.